The molecule has 6 heteroatoms. The van der Waals surface area contributed by atoms with E-state index in [0.29, 0.717) is 5.69 Å². The Bertz CT molecular complexity index is 332. The number of carbonyl (C=O) groups excluding carboxylic acids is 1. The second-order valence-corrected chi connectivity index (χ2v) is 5.01. The molecule has 0 aliphatic heterocycles. The van der Waals surface area contributed by atoms with E-state index < -0.39 is 17.7 Å². The van der Waals surface area contributed by atoms with E-state index >= 15 is 0 Å². The van der Waals surface area contributed by atoms with Crippen LogP contribution in [0.1, 0.15) is 32.5 Å². The van der Waals surface area contributed by atoms with Gasteiger partial charge >= 0.3 is 6.09 Å². The molecule has 1 aromatic rings. The van der Waals surface area contributed by atoms with Gasteiger partial charge in [-0.2, -0.15) is 0 Å². The van der Waals surface area contributed by atoms with Crippen molar-refractivity contribution in [3.8, 4) is 0 Å². The van der Waals surface area contributed by atoms with Gasteiger partial charge in [-0.25, -0.2) is 9.78 Å². The van der Waals surface area contributed by atoms with Crippen LogP contribution in [-0.2, 0) is 4.74 Å². The molecular weight excluding hydrogens is 228 g/mol. The Labute approximate surface area is 98.5 Å². The molecule has 0 bridgehead atoms. The number of rotatable bonds is 3. The van der Waals surface area contributed by atoms with Crippen LogP contribution in [0.5, 0.6) is 0 Å². The zero-order chi connectivity index (χ0) is 12.2. The molecule has 0 spiro atoms. The zero-order valence-corrected chi connectivity index (χ0v) is 10.4. The smallest absolute Gasteiger partial charge is 0.408 e. The molecule has 1 amide bonds. The highest BCUT2D eigenvalue weighted by molar-refractivity contribution is 7.07. The zero-order valence-electron chi connectivity index (χ0n) is 9.56. The van der Waals surface area contributed by atoms with Crippen molar-refractivity contribution in [2.45, 2.75) is 32.4 Å². The van der Waals surface area contributed by atoms with Crippen LogP contribution in [0.3, 0.4) is 0 Å². The highest BCUT2D eigenvalue weighted by atomic mass is 32.1. The van der Waals surface area contributed by atoms with Gasteiger partial charge < -0.3 is 15.2 Å². The molecule has 0 aliphatic carbocycles. The molecule has 1 heterocycles. The number of aromatic nitrogens is 1. The average Bonchev–Trinajstić information content (AvgIpc) is 2.63. The third-order valence-electron chi connectivity index (χ3n) is 1.68. The fourth-order valence-electron chi connectivity index (χ4n) is 1.06. The van der Waals surface area contributed by atoms with Gasteiger partial charge in [0.15, 0.2) is 0 Å². The lowest BCUT2D eigenvalue weighted by Crippen LogP contribution is -2.36. The van der Waals surface area contributed by atoms with Crippen LogP contribution in [0, 0.1) is 0 Å². The molecule has 90 valence electrons. The summed E-state index contributed by atoms with van der Waals surface area (Å²) >= 11 is 1.41. The molecule has 1 unspecified atom stereocenters. The molecule has 16 heavy (non-hydrogen) atoms. The van der Waals surface area contributed by atoms with E-state index in [4.69, 9.17) is 9.84 Å². The minimum Gasteiger partial charge on any atom is -0.444 e. The fourth-order valence-corrected chi connectivity index (χ4v) is 1.66. The van der Waals surface area contributed by atoms with E-state index in [1.165, 1.54) is 11.3 Å². The molecule has 2 N–H and O–H groups in total. The summed E-state index contributed by atoms with van der Waals surface area (Å²) in [5.41, 5.74) is 1.74. The Balaban J connectivity index is 2.55. The van der Waals surface area contributed by atoms with Crippen molar-refractivity contribution in [3.63, 3.8) is 0 Å². The van der Waals surface area contributed by atoms with Crippen molar-refractivity contribution in [1.29, 1.82) is 0 Å². The van der Waals surface area contributed by atoms with E-state index in [-0.39, 0.29) is 6.61 Å². The summed E-state index contributed by atoms with van der Waals surface area (Å²) in [5.74, 6) is 0. The maximum absolute atomic E-state index is 11.5. The molecule has 0 aliphatic rings. The third kappa shape index (κ3) is 4.16. The van der Waals surface area contributed by atoms with Gasteiger partial charge in [0.1, 0.15) is 5.60 Å². The minimum absolute atomic E-state index is 0.205. The molecule has 0 aromatic carbocycles. The normalized spacial score (nSPS) is 13.2. The van der Waals surface area contributed by atoms with Gasteiger partial charge in [0.25, 0.3) is 0 Å². The molecule has 1 atom stereocenters. The molecule has 0 saturated carbocycles. The lowest BCUT2D eigenvalue weighted by molar-refractivity contribution is 0.0480. The van der Waals surface area contributed by atoms with Crippen LogP contribution in [0.4, 0.5) is 4.79 Å². The van der Waals surface area contributed by atoms with Crippen LogP contribution in [0.25, 0.3) is 0 Å². The SMILES string of the molecule is CC(C)(C)OC(=O)NC(CO)c1cscn1. The second kappa shape index (κ2) is 5.27. The van der Waals surface area contributed by atoms with Gasteiger partial charge in [0.05, 0.1) is 23.9 Å². The Morgan fingerprint density at radius 2 is 2.38 bits per heavy atom. The van der Waals surface area contributed by atoms with Crippen molar-refractivity contribution >= 4 is 17.4 Å². The standard InChI is InChI=1S/C10H16N2O3S/c1-10(2,3)15-9(14)12-7(4-13)8-5-16-6-11-8/h5-7,13H,4H2,1-3H3,(H,12,14). The van der Waals surface area contributed by atoms with E-state index in [2.05, 4.69) is 10.3 Å². The number of nitrogens with zero attached hydrogens (tertiary/aromatic N) is 1. The monoisotopic (exact) mass is 244 g/mol. The lowest BCUT2D eigenvalue weighted by atomic mass is 10.2. The van der Waals surface area contributed by atoms with Gasteiger partial charge in [0, 0.05) is 5.38 Å². The van der Waals surface area contributed by atoms with Crippen molar-refractivity contribution in [2.75, 3.05) is 6.61 Å². The number of hydrogen-bond donors (Lipinski definition) is 2. The van der Waals surface area contributed by atoms with Crippen LogP contribution in [0.2, 0.25) is 0 Å². The number of ether oxygens (including phenoxy) is 1. The van der Waals surface area contributed by atoms with Crippen molar-refractivity contribution < 1.29 is 14.6 Å². The first kappa shape index (κ1) is 12.9. The average molecular weight is 244 g/mol. The molecule has 0 saturated heterocycles. The Morgan fingerprint density at radius 3 is 2.81 bits per heavy atom. The number of aliphatic hydroxyl groups excluding tert-OH is 1. The quantitative estimate of drug-likeness (QED) is 0.849. The van der Waals surface area contributed by atoms with Gasteiger partial charge in [-0.3, -0.25) is 0 Å². The van der Waals surface area contributed by atoms with Crippen molar-refractivity contribution in [3.05, 3.63) is 16.6 Å². The summed E-state index contributed by atoms with van der Waals surface area (Å²) in [5, 5.41) is 13.5. The van der Waals surface area contributed by atoms with Gasteiger partial charge in [-0.1, -0.05) is 0 Å². The number of hydrogen-bond acceptors (Lipinski definition) is 5. The topological polar surface area (TPSA) is 71.5 Å². The van der Waals surface area contributed by atoms with Crippen molar-refractivity contribution in [1.82, 2.24) is 10.3 Å². The summed E-state index contributed by atoms with van der Waals surface area (Å²) in [4.78, 5) is 15.5. The third-order valence-corrected chi connectivity index (χ3v) is 2.29. The Hall–Kier alpha value is -1.14. The summed E-state index contributed by atoms with van der Waals surface area (Å²) in [6, 6.07) is -0.513. The van der Waals surface area contributed by atoms with Crippen LogP contribution >= 0.6 is 11.3 Å². The van der Waals surface area contributed by atoms with E-state index in [0.717, 1.165) is 0 Å². The highest BCUT2D eigenvalue weighted by Crippen LogP contribution is 2.14. The summed E-state index contributed by atoms with van der Waals surface area (Å²) in [7, 11) is 0. The van der Waals surface area contributed by atoms with Crippen LogP contribution in [-0.4, -0.2) is 28.4 Å². The Kier molecular flexibility index (Phi) is 4.26. The maximum Gasteiger partial charge on any atom is 0.408 e. The van der Waals surface area contributed by atoms with Crippen LogP contribution in [0.15, 0.2) is 10.9 Å². The lowest BCUT2D eigenvalue weighted by Gasteiger charge is -2.22. The number of carbonyl (C=O) groups is 1. The van der Waals surface area contributed by atoms with Gasteiger partial charge in [-0.05, 0) is 20.8 Å². The summed E-state index contributed by atoms with van der Waals surface area (Å²) in [6.07, 6.45) is -0.556. The highest BCUT2D eigenvalue weighted by Gasteiger charge is 2.20. The van der Waals surface area contributed by atoms with Crippen molar-refractivity contribution in [2.24, 2.45) is 0 Å². The fraction of sp³-hybridized carbons (Fsp3) is 0.600. The maximum atomic E-state index is 11.5. The second-order valence-electron chi connectivity index (χ2n) is 4.29. The number of alkyl carbamates (subject to hydrolysis) is 1. The van der Waals surface area contributed by atoms with Gasteiger partial charge in [-0.15, -0.1) is 11.3 Å². The first-order valence-electron chi connectivity index (χ1n) is 4.91. The number of thiazole rings is 1. The molecule has 0 fully saturated rings. The number of nitrogens with one attached hydrogen (secondary N) is 1. The predicted octanol–water partition coefficient (Wildman–Crippen LogP) is 1.70. The van der Waals surface area contributed by atoms with E-state index in [1.54, 1.807) is 31.7 Å². The Morgan fingerprint density at radius 1 is 1.69 bits per heavy atom. The summed E-state index contributed by atoms with van der Waals surface area (Å²) in [6.45, 7) is 5.14. The summed E-state index contributed by atoms with van der Waals surface area (Å²) < 4.78 is 5.08. The first-order chi connectivity index (χ1) is 7.42. The molecule has 1 rings (SSSR count). The first-order valence-corrected chi connectivity index (χ1v) is 5.85. The molecule has 5 nitrogen and oxygen atoms in total. The molecule has 0 radical (unpaired) electrons. The van der Waals surface area contributed by atoms with E-state index in [9.17, 15) is 4.79 Å². The molecule has 1 aromatic heterocycles. The number of aliphatic hydroxyl groups is 1. The minimum atomic E-state index is -0.556. The van der Waals surface area contributed by atoms with Crippen LogP contribution < -0.4 is 5.32 Å². The van der Waals surface area contributed by atoms with E-state index in [1.807, 2.05) is 0 Å². The number of amides is 1. The molecular formula is C10H16N2O3S. The predicted molar refractivity (Wildman–Crippen MR) is 61.3 cm³/mol. The largest absolute Gasteiger partial charge is 0.444 e. The van der Waals surface area contributed by atoms with Gasteiger partial charge in [0.2, 0.25) is 0 Å².